The van der Waals surface area contributed by atoms with E-state index in [0.717, 1.165) is 28.1 Å². The molecule has 0 spiro atoms. The number of benzene rings is 1. The van der Waals surface area contributed by atoms with Crippen LogP contribution >= 0.6 is 11.6 Å². The summed E-state index contributed by atoms with van der Waals surface area (Å²) in [5.74, 6) is 0.746. The molecule has 2 aromatic heterocycles. The predicted molar refractivity (Wildman–Crippen MR) is 75.9 cm³/mol. The second-order valence-corrected chi connectivity index (χ2v) is 4.62. The van der Waals surface area contributed by atoms with E-state index in [9.17, 15) is 0 Å². The van der Waals surface area contributed by atoms with Crippen LogP contribution in [0, 0.1) is 6.92 Å². The maximum absolute atomic E-state index is 5.81. The third-order valence-corrected chi connectivity index (χ3v) is 3.26. The van der Waals surface area contributed by atoms with E-state index in [0.29, 0.717) is 0 Å². The third kappa shape index (κ3) is 2.13. The van der Waals surface area contributed by atoms with Gasteiger partial charge < -0.3 is 4.90 Å². The lowest BCUT2D eigenvalue weighted by molar-refractivity contribution is 1.06. The van der Waals surface area contributed by atoms with Crippen molar-refractivity contribution in [1.82, 2.24) is 20.2 Å². The first-order chi connectivity index (χ1) is 9.15. The summed E-state index contributed by atoms with van der Waals surface area (Å²) in [5.41, 5.74) is 3.00. The number of anilines is 2. The Bertz CT molecular complexity index is 737. The molecule has 0 atom stereocenters. The first-order valence-electron chi connectivity index (χ1n) is 5.82. The van der Waals surface area contributed by atoms with Gasteiger partial charge in [0.25, 0.3) is 0 Å². The molecule has 0 aliphatic rings. The minimum Gasteiger partial charge on any atom is -0.329 e. The summed E-state index contributed by atoms with van der Waals surface area (Å²) < 4.78 is 0. The van der Waals surface area contributed by atoms with Crippen molar-refractivity contribution >= 4 is 34.0 Å². The van der Waals surface area contributed by atoms with E-state index in [4.69, 9.17) is 11.6 Å². The molecule has 0 radical (unpaired) electrons. The zero-order chi connectivity index (χ0) is 13.4. The maximum atomic E-state index is 5.81. The van der Waals surface area contributed by atoms with Gasteiger partial charge in [0.05, 0.1) is 11.2 Å². The normalized spacial score (nSPS) is 10.9. The molecule has 3 aromatic rings. The number of rotatable bonds is 2. The first-order valence-corrected chi connectivity index (χ1v) is 6.20. The second kappa shape index (κ2) is 4.51. The monoisotopic (exact) mass is 273 g/mol. The molecule has 0 fully saturated rings. The van der Waals surface area contributed by atoms with Crippen LogP contribution in [0.2, 0.25) is 5.28 Å². The number of halogens is 1. The maximum Gasteiger partial charge on any atom is 0.224 e. The molecular weight excluding hydrogens is 262 g/mol. The summed E-state index contributed by atoms with van der Waals surface area (Å²) in [4.78, 5) is 10.0. The largest absolute Gasteiger partial charge is 0.329 e. The van der Waals surface area contributed by atoms with Crippen molar-refractivity contribution < 1.29 is 0 Å². The average Bonchev–Trinajstić information content (AvgIpc) is 2.79. The highest BCUT2D eigenvalue weighted by Gasteiger charge is 2.08. The van der Waals surface area contributed by atoms with Crippen LogP contribution in [-0.2, 0) is 0 Å². The van der Waals surface area contributed by atoms with Crippen molar-refractivity contribution in [3.63, 3.8) is 0 Å². The fourth-order valence-corrected chi connectivity index (χ4v) is 2.14. The Balaban J connectivity index is 2.03. The van der Waals surface area contributed by atoms with Gasteiger partial charge >= 0.3 is 0 Å². The molecule has 0 saturated heterocycles. The van der Waals surface area contributed by atoms with Crippen molar-refractivity contribution in [2.24, 2.45) is 0 Å². The molecule has 19 heavy (non-hydrogen) atoms. The van der Waals surface area contributed by atoms with Gasteiger partial charge in [-0.3, -0.25) is 5.10 Å². The number of nitrogens with one attached hydrogen (secondary N) is 1. The van der Waals surface area contributed by atoms with Gasteiger partial charge in [-0.15, -0.1) is 0 Å². The van der Waals surface area contributed by atoms with Gasteiger partial charge in [-0.2, -0.15) is 5.10 Å². The van der Waals surface area contributed by atoms with E-state index in [-0.39, 0.29) is 5.28 Å². The van der Waals surface area contributed by atoms with Crippen LogP contribution < -0.4 is 4.90 Å². The molecule has 0 bridgehead atoms. The summed E-state index contributed by atoms with van der Waals surface area (Å²) in [6, 6.07) is 7.92. The lowest BCUT2D eigenvalue weighted by Crippen LogP contribution is -2.11. The highest BCUT2D eigenvalue weighted by Crippen LogP contribution is 2.26. The number of hydrogen-bond acceptors (Lipinski definition) is 4. The van der Waals surface area contributed by atoms with Crippen molar-refractivity contribution in [2.45, 2.75) is 6.92 Å². The Morgan fingerprint density at radius 1 is 1.26 bits per heavy atom. The minimum atomic E-state index is 0.239. The van der Waals surface area contributed by atoms with Crippen LogP contribution in [0.1, 0.15) is 5.69 Å². The summed E-state index contributed by atoms with van der Waals surface area (Å²) in [7, 11) is 1.93. The lowest BCUT2D eigenvalue weighted by Gasteiger charge is -2.18. The molecule has 6 heteroatoms. The van der Waals surface area contributed by atoms with Crippen LogP contribution in [0.25, 0.3) is 10.9 Å². The van der Waals surface area contributed by atoms with Gasteiger partial charge in [0.2, 0.25) is 5.28 Å². The number of H-pyrrole nitrogens is 1. The summed E-state index contributed by atoms with van der Waals surface area (Å²) in [6.45, 7) is 1.98. The fourth-order valence-electron chi connectivity index (χ4n) is 2.00. The molecule has 0 amide bonds. The quantitative estimate of drug-likeness (QED) is 0.729. The van der Waals surface area contributed by atoms with Crippen molar-refractivity contribution in [1.29, 1.82) is 0 Å². The van der Waals surface area contributed by atoms with Gasteiger partial charge in [0.15, 0.2) is 0 Å². The summed E-state index contributed by atoms with van der Waals surface area (Å²) in [6.07, 6.45) is 1.64. The molecule has 5 nitrogen and oxygen atoms in total. The van der Waals surface area contributed by atoms with Crippen molar-refractivity contribution in [3.05, 3.63) is 41.4 Å². The molecule has 0 aliphatic carbocycles. The topological polar surface area (TPSA) is 57.7 Å². The molecule has 96 valence electrons. The van der Waals surface area contributed by atoms with E-state index in [1.54, 1.807) is 6.20 Å². The lowest BCUT2D eigenvalue weighted by atomic mass is 10.2. The smallest absolute Gasteiger partial charge is 0.224 e. The summed E-state index contributed by atoms with van der Waals surface area (Å²) in [5, 5.41) is 8.56. The Morgan fingerprint density at radius 3 is 2.89 bits per heavy atom. The van der Waals surface area contributed by atoms with Crippen molar-refractivity contribution in [3.8, 4) is 0 Å². The summed E-state index contributed by atoms with van der Waals surface area (Å²) >= 11 is 5.81. The number of aryl methyl sites for hydroxylation is 1. The SMILES string of the molecule is Cc1n[nH]c2cc(N(C)c3ccnc(Cl)n3)ccc12. The Labute approximate surface area is 115 Å². The zero-order valence-corrected chi connectivity index (χ0v) is 11.3. The van der Waals surface area contributed by atoms with Crippen LogP contribution in [0.3, 0.4) is 0 Å². The Kier molecular flexibility index (Phi) is 2.83. The Morgan fingerprint density at radius 2 is 2.11 bits per heavy atom. The van der Waals surface area contributed by atoms with Crippen LogP contribution in [0.4, 0.5) is 11.5 Å². The number of nitrogens with zero attached hydrogens (tertiary/aromatic N) is 4. The van der Waals surface area contributed by atoms with E-state index in [1.807, 2.05) is 43.1 Å². The molecular formula is C13H12ClN5. The van der Waals surface area contributed by atoms with Gasteiger partial charge in [-0.1, -0.05) is 0 Å². The molecule has 0 aliphatic heterocycles. The van der Waals surface area contributed by atoms with E-state index in [2.05, 4.69) is 20.2 Å². The average molecular weight is 274 g/mol. The van der Waals surface area contributed by atoms with Crippen LogP contribution in [0.15, 0.2) is 30.5 Å². The number of aromatic amines is 1. The van der Waals surface area contributed by atoms with Crippen molar-refractivity contribution in [2.75, 3.05) is 11.9 Å². The van der Waals surface area contributed by atoms with Gasteiger partial charge in [-0.05, 0) is 42.8 Å². The fraction of sp³-hybridized carbons (Fsp3) is 0.154. The number of fused-ring (bicyclic) bond motifs is 1. The van der Waals surface area contributed by atoms with Crippen LogP contribution in [-0.4, -0.2) is 27.2 Å². The van der Waals surface area contributed by atoms with Gasteiger partial charge in [0, 0.05) is 24.3 Å². The standard InChI is InChI=1S/C13H12ClN5/c1-8-10-4-3-9(7-11(10)18-17-8)19(2)12-5-6-15-13(14)16-12/h3-7H,1-2H3,(H,17,18). The number of hydrogen-bond donors (Lipinski definition) is 1. The zero-order valence-electron chi connectivity index (χ0n) is 10.6. The molecule has 0 saturated carbocycles. The van der Waals surface area contributed by atoms with Gasteiger partial charge in [0.1, 0.15) is 5.82 Å². The second-order valence-electron chi connectivity index (χ2n) is 4.28. The predicted octanol–water partition coefficient (Wildman–Crippen LogP) is 3.08. The highest BCUT2D eigenvalue weighted by molar-refractivity contribution is 6.28. The van der Waals surface area contributed by atoms with E-state index < -0.39 is 0 Å². The van der Waals surface area contributed by atoms with E-state index >= 15 is 0 Å². The highest BCUT2D eigenvalue weighted by atomic mass is 35.5. The number of aromatic nitrogens is 4. The Hall–Kier alpha value is -2.14. The minimum absolute atomic E-state index is 0.239. The van der Waals surface area contributed by atoms with Crippen LogP contribution in [0.5, 0.6) is 0 Å². The molecule has 0 unspecified atom stereocenters. The first kappa shape index (κ1) is 11.9. The van der Waals surface area contributed by atoms with E-state index in [1.165, 1.54) is 0 Å². The third-order valence-electron chi connectivity index (χ3n) is 3.08. The molecule has 1 aromatic carbocycles. The molecule has 3 rings (SSSR count). The molecule has 1 N–H and O–H groups in total. The molecule has 2 heterocycles. The van der Waals surface area contributed by atoms with Gasteiger partial charge in [-0.25, -0.2) is 9.97 Å².